The molecule has 0 fully saturated rings. The van der Waals surface area contributed by atoms with E-state index in [0.29, 0.717) is 5.82 Å². The first kappa shape index (κ1) is 34.3. The van der Waals surface area contributed by atoms with Crippen molar-refractivity contribution in [2.45, 2.75) is 0 Å². The fourth-order valence-corrected chi connectivity index (χ4v) is 9.87. The third-order valence-corrected chi connectivity index (χ3v) is 12.7. The molecule has 0 bridgehead atoms. The van der Waals surface area contributed by atoms with Gasteiger partial charge in [0, 0.05) is 64.8 Å². The zero-order chi connectivity index (χ0) is 39.6. The molecule has 4 nitrogen and oxygen atoms in total. The fourth-order valence-electron chi connectivity index (χ4n) is 8.73. The molecule has 12 rings (SSSR count). The summed E-state index contributed by atoms with van der Waals surface area (Å²) in [5.41, 5.74) is 14.3. The number of para-hydroxylation sites is 1. The number of pyridine rings is 1. The summed E-state index contributed by atoms with van der Waals surface area (Å²) in [5.74, 6) is 0.676. The van der Waals surface area contributed by atoms with Crippen LogP contribution >= 0.6 is 11.3 Å². The van der Waals surface area contributed by atoms with E-state index in [0.717, 1.165) is 83.2 Å². The van der Waals surface area contributed by atoms with E-state index in [1.54, 1.807) is 0 Å². The molecule has 0 saturated heterocycles. The number of aromatic nitrogens is 3. The summed E-state index contributed by atoms with van der Waals surface area (Å²) in [7, 11) is 0. The van der Waals surface area contributed by atoms with Gasteiger partial charge in [0.1, 0.15) is 11.2 Å². The topological polar surface area (TPSA) is 51.8 Å². The number of thiophene rings is 1. The molecule has 0 aliphatic carbocycles. The van der Waals surface area contributed by atoms with Gasteiger partial charge in [0.25, 0.3) is 0 Å². The van der Waals surface area contributed by atoms with Crippen LogP contribution in [0, 0.1) is 0 Å². The van der Waals surface area contributed by atoms with Gasteiger partial charge in [-0.25, -0.2) is 9.97 Å². The average molecular weight is 784 g/mol. The molecule has 4 heterocycles. The van der Waals surface area contributed by atoms with E-state index in [1.807, 2.05) is 53.9 Å². The first-order chi connectivity index (χ1) is 29.7. The molecule has 60 heavy (non-hydrogen) atoms. The van der Waals surface area contributed by atoms with E-state index in [-0.39, 0.29) is 0 Å². The Bertz CT molecular complexity index is 3580. The molecular weight excluding hydrogens is 751 g/mol. The lowest BCUT2D eigenvalue weighted by Gasteiger charge is -2.12. The number of rotatable bonds is 6. The molecule has 12 aromatic rings. The number of hydrogen-bond acceptors (Lipinski definition) is 5. The monoisotopic (exact) mass is 783 g/mol. The molecule has 0 aliphatic rings. The van der Waals surface area contributed by atoms with Crippen molar-refractivity contribution >= 4 is 64.4 Å². The standard InChI is InChI=1S/C55H33N3OS/c1-2-11-36(12-3-1)47-33-48(58-55(57-47)38-28-24-34(25-29-38)39-15-8-18-46-41(39)17-10-32-56-46)37-26-22-35(23-27-37)40-30-31-43(53-44-13-4-6-19-49(44)59-54(40)53)42-16-9-21-51-52(42)45-14-5-7-20-50(45)60-51/h1-33H. The third-order valence-electron chi connectivity index (χ3n) is 11.6. The quantitative estimate of drug-likeness (QED) is 0.169. The molecule has 280 valence electrons. The van der Waals surface area contributed by atoms with Crippen LogP contribution in [0.4, 0.5) is 0 Å². The van der Waals surface area contributed by atoms with Crippen LogP contribution in [0.2, 0.25) is 0 Å². The number of benzene rings is 8. The van der Waals surface area contributed by atoms with Crippen LogP contribution in [0.5, 0.6) is 0 Å². The fraction of sp³-hybridized carbons (Fsp3) is 0. The summed E-state index contributed by atoms with van der Waals surface area (Å²) in [4.78, 5) is 14.8. The second-order valence-electron chi connectivity index (χ2n) is 15.1. The predicted molar refractivity (Wildman–Crippen MR) is 250 cm³/mol. The molecule has 0 radical (unpaired) electrons. The Hall–Kier alpha value is -7.73. The first-order valence-corrected chi connectivity index (χ1v) is 20.9. The summed E-state index contributed by atoms with van der Waals surface area (Å²) in [6, 6.07) is 68.2. The largest absolute Gasteiger partial charge is 0.455 e. The van der Waals surface area contributed by atoms with Crippen molar-refractivity contribution in [3.8, 4) is 67.3 Å². The third kappa shape index (κ3) is 5.70. The molecule has 4 aromatic heterocycles. The lowest BCUT2D eigenvalue weighted by molar-refractivity contribution is 0.670. The van der Waals surface area contributed by atoms with Gasteiger partial charge in [0.2, 0.25) is 0 Å². The van der Waals surface area contributed by atoms with E-state index >= 15 is 0 Å². The van der Waals surface area contributed by atoms with Crippen LogP contribution in [-0.2, 0) is 0 Å². The highest BCUT2D eigenvalue weighted by Gasteiger charge is 2.20. The smallest absolute Gasteiger partial charge is 0.160 e. The van der Waals surface area contributed by atoms with Crippen molar-refractivity contribution in [1.82, 2.24) is 15.0 Å². The second kappa shape index (κ2) is 14.0. The highest BCUT2D eigenvalue weighted by atomic mass is 32.1. The van der Waals surface area contributed by atoms with Gasteiger partial charge in [-0.3, -0.25) is 4.98 Å². The highest BCUT2D eigenvalue weighted by Crippen LogP contribution is 2.46. The molecule has 0 spiro atoms. The van der Waals surface area contributed by atoms with Crippen LogP contribution < -0.4 is 0 Å². The van der Waals surface area contributed by atoms with Gasteiger partial charge in [-0.1, -0.05) is 152 Å². The normalized spacial score (nSPS) is 11.7. The maximum atomic E-state index is 6.76. The zero-order valence-corrected chi connectivity index (χ0v) is 33.0. The van der Waals surface area contributed by atoms with E-state index in [1.165, 1.54) is 31.3 Å². The van der Waals surface area contributed by atoms with Gasteiger partial charge in [-0.05, 0) is 70.3 Å². The summed E-state index contributed by atoms with van der Waals surface area (Å²) in [6.45, 7) is 0. The van der Waals surface area contributed by atoms with Gasteiger partial charge in [-0.2, -0.15) is 0 Å². The molecule has 0 unspecified atom stereocenters. The SMILES string of the molecule is c1ccc(-c2cc(-c3ccc(-c4ccc(-c5cccc6sc7ccccc7c56)c5c4oc4ccccc45)cc3)nc(-c3ccc(-c4cccc5ncccc45)cc3)n2)cc1. The van der Waals surface area contributed by atoms with Crippen molar-refractivity contribution in [1.29, 1.82) is 0 Å². The van der Waals surface area contributed by atoms with Crippen LogP contribution in [0.3, 0.4) is 0 Å². The Kier molecular flexibility index (Phi) is 8.00. The summed E-state index contributed by atoms with van der Waals surface area (Å²) in [5, 5.41) is 5.95. The minimum absolute atomic E-state index is 0.676. The molecule has 0 N–H and O–H groups in total. The number of fused-ring (bicyclic) bond motifs is 7. The molecule has 0 saturated carbocycles. The van der Waals surface area contributed by atoms with Gasteiger partial charge in [0.15, 0.2) is 5.82 Å². The van der Waals surface area contributed by atoms with Crippen LogP contribution in [0.1, 0.15) is 0 Å². The Morgan fingerprint density at radius 3 is 1.82 bits per heavy atom. The molecule has 0 atom stereocenters. The Labute approximate surface area is 349 Å². The highest BCUT2D eigenvalue weighted by molar-refractivity contribution is 7.25. The summed E-state index contributed by atoms with van der Waals surface area (Å²) in [6.07, 6.45) is 1.84. The first-order valence-electron chi connectivity index (χ1n) is 20.1. The number of nitrogens with zero attached hydrogens (tertiary/aromatic N) is 3. The molecule has 0 amide bonds. The minimum atomic E-state index is 0.676. The van der Waals surface area contributed by atoms with Gasteiger partial charge >= 0.3 is 0 Å². The maximum absolute atomic E-state index is 6.76. The van der Waals surface area contributed by atoms with E-state index < -0.39 is 0 Å². The van der Waals surface area contributed by atoms with Crippen LogP contribution in [-0.4, -0.2) is 15.0 Å². The van der Waals surface area contributed by atoms with Crippen LogP contribution in [0.25, 0.3) is 120 Å². The van der Waals surface area contributed by atoms with Crippen molar-refractivity contribution < 1.29 is 4.42 Å². The summed E-state index contributed by atoms with van der Waals surface area (Å²) >= 11 is 1.85. The maximum Gasteiger partial charge on any atom is 0.160 e. The van der Waals surface area contributed by atoms with Gasteiger partial charge < -0.3 is 4.42 Å². The van der Waals surface area contributed by atoms with Crippen LogP contribution in [0.15, 0.2) is 205 Å². The van der Waals surface area contributed by atoms with Crippen molar-refractivity contribution in [2.75, 3.05) is 0 Å². The Morgan fingerprint density at radius 1 is 0.383 bits per heavy atom. The second-order valence-corrected chi connectivity index (χ2v) is 16.2. The molecule has 0 aliphatic heterocycles. The Balaban J connectivity index is 0.956. The number of furan rings is 1. The van der Waals surface area contributed by atoms with E-state index in [9.17, 15) is 0 Å². The Morgan fingerprint density at radius 2 is 0.983 bits per heavy atom. The van der Waals surface area contributed by atoms with Gasteiger partial charge in [-0.15, -0.1) is 11.3 Å². The molecular formula is C55H33N3OS. The minimum Gasteiger partial charge on any atom is -0.455 e. The molecule has 5 heteroatoms. The van der Waals surface area contributed by atoms with Gasteiger partial charge in [0.05, 0.1) is 16.9 Å². The predicted octanol–water partition coefficient (Wildman–Crippen LogP) is 15.3. The van der Waals surface area contributed by atoms with Crippen molar-refractivity contribution in [3.05, 3.63) is 200 Å². The van der Waals surface area contributed by atoms with E-state index in [4.69, 9.17) is 14.4 Å². The average Bonchev–Trinajstić information content (AvgIpc) is 3.91. The van der Waals surface area contributed by atoms with Crippen molar-refractivity contribution in [2.24, 2.45) is 0 Å². The lowest BCUT2D eigenvalue weighted by atomic mass is 9.92. The van der Waals surface area contributed by atoms with E-state index in [2.05, 4.69) is 163 Å². The van der Waals surface area contributed by atoms with Crippen molar-refractivity contribution in [3.63, 3.8) is 0 Å². The summed E-state index contributed by atoms with van der Waals surface area (Å²) < 4.78 is 9.34. The number of hydrogen-bond donors (Lipinski definition) is 0. The lowest BCUT2D eigenvalue weighted by Crippen LogP contribution is -1.96. The molecule has 8 aromatic carbocycles. The zero-order valence-electron chi connectivity index (χ0n) is 32.2.